The van der Waals surface area contributed by atoms with Crippen LogP contribution in [-0.4, -0.2) is 46.5 Å². The predicted octanol–water partition coefficient (Wildman–Crippen LogP) is 3.88. The van der Waals surface area contributed by atoms with Crippen molar-refractivity contribution in [2.24, 2.45) is 0 Å². The number of rotatable bonds is 7. The van der Waals surface area contributed by atoms with Gasteiger partial charge in [-0.2, -0.15) is 0 Å². The number of hydrogen-bond donors (Lipinski definition) is 2. The lowest BCUT2D eigenvalue weighted by atomic mass is 10.2. The first-order valence-corrected chi connectivity index (χ1v) is 10.4. The molecule has 5 nitrogen and oxygen atoms in total. The quantitative estimate of drug-likeness (QED) is 0.495. The van der Waals surface area contributed by atoms with Gasteiger partial charge in [-0.25, -0.2) is 9.97 Å². The van der Waals surface area contributed by atoms with E-state index in [1.165, 1.54) is 10.1 Å². The van der Waals surface area contributed by atoms with Gasteiger partial charge in [0.15, 0.2) is 0 Å². The monoisotopic (exact) mass is 397 g/mol. The Hall–Kier alpha value is -2.32. The van der Waals surface area contributed by atoms with Gasteiger partial charge in [0.25, 0.3) is 0 Å². The van der Waals surface area contributed by atoms with E-state index in [0.29, 0.717) is 19.0 Å². The molecule has 3 heterocycles. The van der Waals surface area contributed by atoms with Crippen molar-refractivity contribution in [1.82, 2.24) is 9.97 Å². The summed E-state index contributed by atoms with van der Waals surface area (Å²) >= 11 is 3.33. The molecule has 0 spiro atoms. The zero-order valence-electron chi connectivity index (χ0n) is 14.6. The van der Waals surface area contributed by atoms with Crippen LogP contribution in [0.4, 0.5) is 5.95 Å². The standard InChI is InChI=1S/C20H19N3O2S2/c24-9-7-23(8-10-25)20-21-15(18-6-3-11-26-18)13-16(22-20)19-12-14-4-1-2-5-17(14)27-19/h1-6,11-13,24-25H,7-10H2. The lowest BCUT2D eigenvalue weighted by Gasteiger charge is -2.21. The van der Waals surface area contributed by atoms with Crippen molar-refractivity contribution in [2.45, 2.75) is 0 Å². The summed E-state index contributed by atoms with van der Waals surface area (Å²) < 4.78 is 1.22. The summed E-state index contributed by atoms with van der Waals surface area (Å²) in [6, 6.07) is 16.5. The number of aromatic nitrogens is 2. The number of benzene rings is 1. The van der Waals surface area contributed by atoms with Crippen molar-refractivity contribution in [3.05, 3.63) is 53.9 Å². The van der Waals surface area contributed by atoms with Crippen molar-refractivity contribution in [3.8, 4) is 21.1 Å². The zero-order valence-corrected chi connectivity index (χ0v) is 16.2. The molecule has 0 aliphatic carbocycles. The van der Waals surface area contributed by atoms with Crippen LogP contribution >= 0.6 is 22.7 Å². The van der Waals surface area contributed by atoms with Gasteiger partial charge in [0, 0.05) is 17.8 Å². The first kappa shape index (κ1) is 18.1. The Balaban J connectivity index is 1.84. The minimum atomic E-state index is -0.0230. The van der Waals surface area contributed by atoms with E-state index in [1.54, 1.807) is 22.7 Å². The van der Waals surface area contributed by atoms with Crippen LogP contribution in [0.1, 0.15) is 0 Å². The number of thiophene rings is 2. The highest BCUT2D eigenvalue weighted by atomic mass is 32.1. The molecule has 2 N–H and O–H groups in total. The maximum absolute atomic E-state index is 9.38. The molecule has 0 radical (unpaired) electrons. The highest BCUT2D eigenvalue weighted by Gasteiger charge is 2.15. The van der Waals surface area contributed by atoms with Gasteiger partial charge in [0.2, 0.25) is 5.95 Å². The average molecular weight is 398 g/mol. The molecule has 27 heavy (non-hydrogen) atoms. The van der Waals surface area contributed by atoms with Gasteiger partial charge in [-0.1, -0.05) is 24.3 Å². The minimum Gasteiger partial charge on any atom is -0.395 e. The van der Waals surface area contributed by atoms with E-state index >= 15 is 0 Å². The SMILES string of the molecule is OCCN(CCO)c1nc(-c2cccs2)cc(-c2cc3ccccc3s2)n1. The Morgan fingerprint density at radius 1 is 0.852 bits per heavy atom. The van der Waals surface area contributed by atoms with E-state index in [1.807, 2.05) is 40.6 Å². The first-order valence-electron chi connectivity index (χ1n) is 8.67. The summed E-state index contributed by atoms with van der Waals surface area (Å²) in [6.45, 7) is 0.705. The molecular weight excluding hydrogens is 378 g/mol. The molecule has 4 aromatic rings. The number of aliphatic hydroxyl groups is 2. The second kappa shape index (κ2) is 8.14. The van der Waals surface area contributed by atoms with Crippen molar-refractivity contribution < 1.29 is 10.2 Å². The minimum absolute atomic E-state index is 0.0230. The molecule has 0 unspecified atom stereocenters. The number of aliphatic hydroxyl groups excluding tert-OH is 2. The summed E-state index contributed by atoms with van der Waals surface area (Å²) in [5.41, 5.74) is 1.70. The Kier molecular flexibility index (Phi) is 5.45. The first-order chi connectivity index (χ1) is 13.3. The van der Waals surface area contributed by atoms with E-state index in [2.05, 4.69) is 18.2 Å². The molecule has 0 saturated carbocycles. The van der Waals surface area contributed by atoms with E-state index < -0.39 is 0 Å². The Morgan fingerprint density at radius 3 is 2.26 bits per heavy atom. The van der Waals surface area contributed by atoms with Gasteiger partial charge < -0.3 is 15.1 Å². The van der Waals surface area contributed by atoms with Crippen LogP contribution in [-0.2, 0) is 0 Å². The molecule has 0 bridgehead atoms. The highest BCUT2D eigenvalue weighted by Crippen LogP contribution is 2.35. The summed E-state index contributed by atoms with van der Waals surface area (Å²) in [5.74, 6) is 0.524. The molecule has 138 valence electrons. The summed E-state index contributed by atoms with van der Waals surface area (Å²) in [5, 5.41) is 22.0. The number of fused-ring (bicyclic) bond motifs is 1. The smallest absolute Gasteiger partial charge is 0.226 e. The molecule has 4 rings (SSSR count). The fourth-order valence-electron chi connectivity index (χ4n) is 2.91. The predicted molar refractivity (Wildman–Crippen MR) is 113 cm³/mol. The van der Waals surface area contributed by atoms with Gasteiger partial charge >= 0.3 is 0 Å². The van der Waals surface area contributed by atoms with Crippen LogP contribution in [0.15, 0.2) is 53.9 Å². The van der Waals surface area contributed by atoms with E-state index in [4.69, 9.17) is 9.97 Å². The Morgan fingerprint density at radius 2 is 1.59 bits per heavy atom. The zero-order chi connectivity index (χ0) is 18.6. The number of hydrogen-bond acceptors (Lipinski definition) is 7. The van der Waals surface area contributed by atoms with Gasteiger partial charge in [-0.3, -0.25) is 0 Å². The largest absolute Gasteiger partial charge is 0.395 e. The fraction of sp³-hybridized carbons (Fsp3) is 0.200. The summed E-state index contributed by atoms with van der Waals surface area (Å²) in [7, 11) is 0. The topological polar surface area (TPSA) is 69.5 Å². The lowest BCUT2D eigenvalue weighted by molar-refractivity contribution is 0.280. The molecule has 0 amide bonds. The molecule has 3 aromatic heterocycles. The van der Waals surface area contributed by atoms with E-state index in [-0.39, 0.29) is 13.2 Å². The molecular formula is C20H19N3O2S2. The molecule has 1 aromatic carbocycles. The molecule has 7 heteroatoms. The maximum atomic E-state index is 9.38. The molecule has 0 aliphatic rings. The van der Waals surface area contributed by atoms with Crippen LogP contribution in [0.5, 0.6) is 0 Å². The Bertz CT molecular complexity index is 992. The second-order valence-corrected chi connectivity index (χ2v) is 8.03. The Labute approximate surface area is 165 Å². The second-order valence-electron chi connectivity index (χ2n) is 6.00. The molecule has 0 fully saturated rings. The van der Waals surface area contributed by atoms with Crippen molar-refractivity contribution in [3.63, 3.8) is 0 Å². The average Bonchev–Trinajstić information content (AvgIpc) is 3.37. The number of nitrogens with zero attached hydrogens (tertiary/aromatic N) is 3. The van der Waals surface area contributed by atoms with Crippen LogP contribution < -0.4 is 4.90 Å². The molecule has 0 saturated heterocycles. The van der Waals surface area contributed by atoms with Crippen LogP contribution in [0.2, 0.25) is 0 Å². The van der Waals surface area contributed by atoms with Crippen LogP contribution in [0, 0.1) is 0 Å². The summed E-state index contributed by atoms with van der Waals surface area (Å²) in [6.07, 6.45) is 0. The number of anilines is 1. The normalized spacial score (nSPS) is 11.2. The third kappa shape index (κ3) is 3.86. The molecule has 0 atom stereocenters. The van der Waals surface area contributed by atoms with Gasteiger partial charge in [0.05, 0.1) is 34.4 Å². The van der Waals surface area contributed by atoms with Crippen molar-refractivity contribution in [1.29, 1.82) is 0 Å². The van der Waals surface area contributed by atoms with E-state index in [9.17, 15) is 10.2 Å². The highest BCUT2D eigenvalue weighted by molar-refractivity contribution is 7.22. The maximum Gasteiger partial charge on any atom is 0.226 e. The summed E-state index contributed by atoms with van der Waals surface area (Å²) in [4.78, 5) is 13.4. The third-order valence-corrected chi connectivity index (χ3v) is 6.22. The van der Waals surface area contributed by atoms with Gasteiger partial charge in [-0.05, 0) is 35.0 Å². The van der Waals surface area contributed by atoms with Crippen molar-refractivity contribution in [2.75, 3.05) is 31.2 Å². The van der Waals surface area contributed by atoms with Gasteiger partial charge in [0.1, 0.15) is 0 Å². The third-order valence-electron chi connectivity index (χ3n) is 4.19. The fourth-order valence-corrected chi connectivity index (χ4v) is 4.62. The van der Waals surface area contributed by atoms with Crippen LogP contribution in [0.3, 0.4) is 0 Å². The lowest BCUT2D eigenvalue weighted by Crippen LogP contribution is -2.31. The van der Waals surface area contributed by atoms with Crippen molar-refractivity contribution >= 4 is 38.7 Å². The van der Waals surface area contributed by atoms with E-state index in [0.717, 1.165) is 21.1 Å². The van der Waals surface area contributed by atoms with Crippen LogP contribution in [0.25, 0.3) is 31.2 Å². The molecule has 0 aliphatic heterocycles. The van der Waals surface area contributed by atoms with Gasteiger partial charge in [-0.15, -0.1) is 22.7 Å².